The first-order valence-electron chi connectivity index (χ1n) is 11.0. The van der Waals surface area contributed by atoms with E-state index in [2.05, 4.69) is 10.6 Å². The minimum atomic E-state index is -0.864. The van der Waals surface area contributed by atoms with Gasteiger partial charge in [-0.15, -0.1) is 0 Å². The first-order chi connectivity index (χ1) is 16.0. The zero-order valence-corrected chi connectivity index (χ0v) is 21.0. The second kappa shape index (κ2) is 9.52. The molecule has 6 nitrogen and oxygen atoms in total. The fourth-order valence-electron chi connectivity index (χ4n) is 5.06. The van der Waals surface area contributed by atoms with E-state index in [9.17, 15) is 14.0 Å². The van der Waals surface area contributed by atoms with Gasteiger partial charge in [-0.25, -0.2) is 0 Å². The minimum absolute atomic E-state index is 0.0488. The van der Waals surface area contributed by atoms with Gasteiger partial charge in [0.2, 0.25) is 0 Å². The van der Waals surface area contributed by atoms with Crippen molar-refractivity contribution in [3.63, 3.8) is 0 Å². The van der Waals surface area contributed by atoms with E-state index >= 15 is 4.39 Å². The molecule has 178 valence electrons. The number of carbonyl (C=O) groups is 2. The molecule has 5 atom stereocenters. The molecule has 3 heterocycles. The van der Waals surface area contributed by atoms with Crippen molar-refractivity contribution in [2.24, 2.45) is 16.8 Å². The SMILES string of the molecule is COC(=O)C1C(c2ccc(F)c(F)c2C2C[I-]2)N=C(C2NC=CS2)NC1C1CCC(=O)CC1. The first-order valence-corrected chi connectivity index (χ1v) is 14.7. The summed E-state index contributed by atoms with van der Waals surface area (Å²) >= 11 is 1.35. The van der Waals surface area contributed by atoms with Crippen LogP contribution in [0.15, 0.2) is 28.7 Å². The van der Waals surface area contributed by atoms with Crippen LogP contribution in [-0.4, -0.2) is 40.5 Å². The van der Waals surface area contributed by atoms with E-state index in [0.717, 1.165) is 10.5 Å². The fraction of sp³-hybridized carbons (Fsp3) is 0.522. The van der Waals surface area contributed by atoms with Crippen LogP contribution in [0.1, 0.15) is 46.8 Å². The summed E-state index contributed by atoms with van der Waals surface area (Å²) in [5.74, 6) is -1.82. The van der Waals surface area contributed by atoms with Crippen LogP contribution in [0.4, 0.5) is 8.78 Å². The number of hydrogen-bond donors (Lipinski definition) is 2. The molecular weight excluding hydrogens is 563 g/mol. The van der Waals surface area contributed by atoms with Gasteiger partial charge in [-0.3, -0.25) is 0 Å². The average Bonchev–Trinajstić information content (AvgIpc) is 3.51. The van der Waals surface area contributed by atoms with Gasteiger partial charge in [-0.2, -0.15) is 0 Å². The molecule has 0 bridgehead atoms. The molecule has 1 aromatic rings. The zero-order chi connectivity index (χ0) is 23.1. The zero-order valence-electron chi connectivity index (χ0n) is 18.0. The van der Waals surface area contributed by atoms with Gasteiger partial charge in [0.25, 0.3) is 0 Å². The molecule has 5 rings (SSSR count). The summed E-state index contributed by atoms with van der Waals surface area (Å²) in [5, 5.41) is 8.52. The molecule has 0 aromatic heterocycles. The van der Waals surface area contributed by atoms with Crippen molar-refractivity contribution in [3.05, 3.63) is 46.5 Å². The number of rotatable bonds is 5. The van der Waals surface area contributed by atoms with E-state index < -0.39 is 29.6 Å². The van der Waals surface area contributed by atoms with Crippen molar-refractivity contribution in [1.82, 2.24) is 10.6 Å². The van der Waals surface area contributed by atoms with Gasteiger partial charge in [0.1, 0.15) is 0 Å². The van der Waals surface area contributed by atoms with Crippen LogP contribution < -0.4 is 31.8 Å². The van der Waals surface area contributed by atoms with Gasteiger partial charge in [0, 0.05) is 0 Å². The molecule has 2 N–H and O–H groups in total. The van der Waals surface area contributed by atoms with Crippen molar-refractivity contribution in [1.29, 1.82) is 0 Å². The number of halogens is 3. The summed E-state index contributed by atoms with van der Waals surface area (Å²) in [7, 11) is 1.34. The van der Waals surface area contributed by atoms with Gasteiger partial charge < -0.3 is 0 Å². The molecule has 3 aliphatic heterocycles. The molecule has 4 aliphatic rings. The Balaban J connectivity index is 1.61. The first kappa shape index (κ1) is 23.1. The number of methoxy groups -OCH3 is 1. The third-order valence-electron chi connectivity index (χ3n) is 6.77. The number of Topliss-reactive ketones (excluding diaryl/α,β-unsaturated/α-hetero) is 1. The van der Waals surface area contributed by atoms with Crippen molar-refractivity contribution >= 4 is 29.4 Å². The molecule has 1 saturated carbocycles. The van der Waals surface area contributed by atoms with Crippen LogP contribution in [0.5, 0.6) is 0 Å². The quantitative estimate of drug-likeness (QED) is 0.291. The predicted octanol–water partition coefficient (Wildman–Crippen LogP) is 0.202. The Morgan fingerprint density at radius 3 is 2.67 bits per heavy atom. The van der Waals surface area contributed by atoms with E-state index in [1.165, 1.54) is 7.11 Å². The molecule has 1 aliphatic carbocycles. The van der Waals surface area contributed by atoms with Crippen molar-refractivity contribution in [3.8, 4) is 0 Å². The van der Waals surface area contributed by atoms with E-state index in [4.69, 9.17) is 9.73 Å². The number of esters is 1. The molecule has 33 heavy (non-hydrogen) atoms. The van der Waals surface area contributed by atoms with Gasteiger partial charge in [-0.05, 0) is 0 Å². The number of nitrogens with zero attached hydrogens (tertiary/aromatic N) is 1. The number of nitrogens with one attached hydrogen (secondary N) is 2. The number of amidine groups is 1. The van der Waals surface area contributed by atoms with Crippen LogP contribution in [0.25, 0.3) is 0 Å². The molecule has 1 aromatic carbocycles. The Hall–Kier alpha value is -1.69. The number of hydrogen-bond acceptors (Lipinski definition) is 7. The second-order valence-electron chi connectivity index (χ2n) is 8.68. The monoisotopic (exact) mass is 588 g/mol. The van der Waals surface area contributed by atoms with E-state index in [1.54, 1.807) is 17.8 Å². The Morgan fingerprint density at radius 1 is 1.27 bits per heavy atom. The summed E-state index contributed by atoms with van der Waals surface area (Å²) in [6.07, 6.45) is 4.15. The average molecular weight is 588 g/mol. The van der Waals surface area contributed by atoms with E-state index in [0.29, 0.717) is 42.6 Å². The Labute approximate surface area is 205 Å². The summed E-state index contributed by atoms with van der Waals surface area (Å²) in [6, 6.07) is 1.73. The van der Waals surface area contributed by atoms with Gasteiger partial charge in [-0.1, -0.05) is 0 Å². The maximum absolute atomic E-state index is 15.0. The number of carbonyl (C=O) groups excluding carboxylic acids is 2. The number of ketones is 1. The van der Waals surface area contributed by atoms with Crippen molar-refractivity contribution in [2.75, 3.05) is 11.5 Å². The van der Waals surface area contributed by atoms with Crippen molar-refractivity contribution < 1.29 is 44.3 Å². The number of alkyl halides is 2. The van der Waals surface area contributed by atoms with Gasteiger partial charge >= 0.3 is 206 Å². The Bertz CT molecular complexity index is 1010. The molecule has 0 amide bonds. The normalized spacial score (nSPS) is 31.8. The molecule has 2 fully saturated rings. The number of aliphatic imine (C=N–C) groups is 1. The topological polar surface area (TPSA) is 79.8 Å². The number of benzene rings is 1. The molecule has 10 heteroatoms. The maximum atomic E-state index is 15.0. The summed E-state index contributed by atoms with van der Waals surface area (Å²) in [5.41, 5.74) is 0.966. The third-order valence-corrected chi connectivity index (χ3v) is 10.1. The second-order valence-corrected chi connectivity index (χ2v) is 13.0. The third kappa shape index (κ3) is 4.52. The molecule has 0 spiro atoms. The summed E-state index contributed by atoms with van der Waals surface area (Å²) in [6.45, 7) is 0. The van der Waals surface area contributed by atoms with Crippen LogP contribution in [0.3, 0.4) is 0 Å². The summed E-state index contributed by atoms with van der Waals surface area (Å²) in [4.78, 5) is 30.0. The van der Waals surface area contributed by atoms with Crippen LogP contribution in [0, 0.1) is 23.5 Å². The Morgan fingerprint density at radius 2 is 2.03 bits per heavy atom. The van der Waals surface area contributed by atoms with Crippen LogP contribution >= 0.6 is 11.8 Å². The van der Waals surface area contributed by atoms with E-state index in [1.807, 2.05) is 11.6 Å². The van der Waals surface area contributed by atoms with Crippen LogP contribution in [0.2, 0.25) is 0 Å². The van der Waals surface area contributed by atoms with Crippen molar-refractivity contribution in [2.45, 2.75) is 47.1 Å². The predicted molar refractivity (Wildman–Crippen MR) is 117 cm³/mol. The number of ether oxygens (including phenoxy) is 1. The Kier molecular flexibility index (Phi) is 6.65. The fourth-order valence-corrected chi connectivity index (χ4v) is 7.56. The molecular formula is C23H25F2IN3O3S-. The van der Waals surface area contributed by atoms with Gasteiger partial charge in [0.15, 0.2) is 0 Å². The summed E-state index contributed by atoms with van der Waals surface area (Å²) < 4.78 is 35.4. The standard InChI is InChI=1S/C23H25F2IN3O3S/c1-32-23(31)17-19(11-2-4-12(30)5-3-11)28-21(22-27-8-9-33-22)29-20(17)13-6-7-14(24)18(25)16(13)15-10-26-15/h6-9,11,15,17,19-20,22,27H,2-5,10H2,1H3,(H,28,29)/q-1. The molecule has 0 radical (unpaired) electrons. The van der Waals surface area contributed by atoms with E-state index in [-0.39, 0.29) is 48.2 Å². The number of thioether (sulfide) groups is 1. The molecule has 1 saturated heterocycles. The molecule has 5 unspecified atom stereocenters. The van der Waals surface area contributed by atoms with Crippen LogP contribution in [-0.2, 0) is 14.3 Å². The van der Waals surface area contributed by atoms with Gasteiger partial charge in [0.05, 0.1) is 0 Å².